The Labute approximate surface area is 247 Å². The second-order valence-electron chi connectivity index (χ2n) is 10.9. The van der Waals surface area contributed by atoms with Gasteiger partial charge in [0.15, 0.2) is 5.58 Å². The Bertz CT molecular complexity index is 1780. The van der Waals surface area contributed by atoms with E-state index in [1.807, 2.05) is 56.3 Å². The van der Waals surface area contributed by atoms with Crippen molar-refractivity contribution in [3.05, 3.63) is 77.2 Å². The van der Waals surface area contributed by atoms with Crippen molar-refractivity contribution < 1.29 is 28.9 Å². The molecule has 0 radical (unpaired) electrons. The van der Waals surface area contributed by atoms with Crippen LogP contribution >= 0.6 is 0 Å². The van der Waals surface area contributed by atoms with Crippen molar-refractivity contribution in [2.75, 3.05) is 19.7 Å². The summed E-state index contributed by atoms with van der Waals surface area (Å²) in [7, 11) is 0. The van der Waals surface area contributed by atoms with Gasteiger partial charge < -0.3 is 24.2 Å². The zero-order valence-electron chi connectivity index (χ0n) is 23.9. The first-order valence-corrected chi connectivity index (χ1v) is 14.2. The second kappa shape index (κ2) is 12.1. The highest BCUT2D eigenvalue weighted by Gasteiger charge is 2.23. The van der Waals surface area contributed by atoms with Gasteiger partial charge in [0.1, 0.15) is 11.6 Å². The van der Waals surface area contributed by atoms with E-state index in [0.29, 0.717) is 41.9 Å². The average Bonchev–Trinajstić information content (AvgIpc) is 3.73. The van der Waals surface area contributed by atoms with Crippen molar-refractivity contribution in [3.63, 3.8) is 0 Å². The molecule has 1 unspecified atom stereocenters. The van der Waals surface area contributed by atoms with Crippen LogP contribution in [0.5, 0.6) is 0 Å². The standard InChI is InChI=1S/C32H33N5O6/c1-18-22(23-6-4-8-25(19(23)2)31-36-35-29(43-31)16-37-12-11-21(39)15-37)5-3-7-24(18)30-34-26-13-20(9-10-28(26)42-30)14-33-27(17-38)32(40)41/h3-10,13,21,27,33,38-39H,11-12,14-17H2,1-2H3,(H,40,41)/t21-,27?/m1/s1. The quantitative estimate of drug-likeness (QED) is 0.189. The van der Waals surface area contributed by atoms with Gasteiger partial charge in [-0.3, -0.25) is 15.0 Å². The lowest BCUT2D eigenvalue weighted by atomic mass is 9.91. The molecule has 1 saturated heterocycles. The molecule has 1 fully saturated rings. The third-order valence-electron chi connectivity index (χ3n) is 7.98. The van der Waals surface area contributed by atoms with Crippen LogP contribution in [0.4, 0.5) is 0 Å². The van der Waals surface area contributed by atoms with Crippen molar-refractivity contribution in [1.29, 1.82) is 0 Å². The lowest BCUT2D eigenvalue weighted by molar-refractivity contribution is -0.140. The van der Waals surface area contributed by atoms with E-state index in [-0.39, 0.29) is 12.6 Å². The number of hydrogen-bond donors (Lipinski definition) is 4. The maximum absolute atomic E-state index is 11.2. The number of nitrogens with one attached hydrogen (secondary N) is 1. The minimum atomic E-state index is -1.11. The molecule has 2 atom stereocenters. The smallest absolute Gasteiger partial charge is 0.323 e. The number of carboxylic acids is 1. The van der Waals surface area contributed by atoms with Gasteiger partial charge in [-0.15, -0.1) is 10.2 Å². The Morgan fingerprint density at radius 2 is 1.70 bits per heavy atom. The number of oxazole rings is 1. The van der Waals surface area contributed by atoms with Crippen LogP contribution < -0.4 is 5.32 Å². The van der Waals surface area contributed by atoms with E-state index in [1.54, 1.807) is 0 Å². The topological polar surface area (TPSA) is 158 Å². The maximum Gasteiger partial charge on any atom is 0.323 e. The predicted molar refractivity (Wildman–Crippen MR) is 159 cm³/mol. The van der Waals surface area contributed by atoms with Crippen molar-refractivity contribution in [1.82, 2.24) is 25.4 Å². The number of likely N-dealkylation sites (tertiary alicyclic amines) is 1. The molecule has 11 heteroatoms. The largest absolute Gasteiger partial charge is 0.480 e. The van der Waals surface area contributed by atoms with E-state index in [2.05, 4.69) is 32.5 Å². The Balaban J connectivity index is 1.26. The van der Waals surface area contributed by atoms with E-state index in [4.69, 9.17) is 18.9 Å². The van der Waals surface area contributed by atoms with E-state index in [9.17, 15) is 15.0 Å². The van der Waals surface area contributed by atoms with Gasteiger partial charge in [-0.2, -0.15) is 0 Å². The monoisotopic (exact) mass is 583 g/mol. The Morgan fingerprint density at radius 1 is 1.00 bits per heavy atom. The first-order valence-electron chi connectivity index (χ1n) is 14.2. The molecule has 3 heterocycles. The molecular formula is C32H33N5O6. The number of aliphatic hydroxyl groups is 2. The molecule has 11 nitrogen and oxygen atoms in total. The molecule has 0 spiro atoms. The van der Waals surface area contributed by atoms with Crippen LogP contribution in [0.1, 0.15) is 29.0 Å². The number of rotatable bonds is 10. The van der Waals surface area contributed by atoms with E-state index in [1.165, 1.54) is 0 Å². The predicted octanol–water partition coefficient (Wildman–Crippen LogP) is 3.93. The molecule has 0 amide bonds. The number of nitrogens with zero attached hydrogens (tertiary/aromatic N) is 4. The summed E-state index contributed by atoms with van der Waals surface area (Å²) in [5, 5.41) is 39.6. The summed E-state index contributed by atoms with van der Waals surface area (Å²) in [5.74, 6) is 0.364. The SMILES string of the molecule is Cc1c(-c2nnc(CN3CC[C@@H](O)C3)o2)cccc1-c1cccc(-c2nc3cc(CNC(CO)C(=O)O)ccc3o2)c1C. The fourth-order valence-corrected chi connectivity index (χ4v) is 5.56. The summed E-state index contributed by atoms with van der Waals surface area (Å²) in [4.78, 5) is 18.0. The van der Waals surface area contributed by atoms with Crippen LogP contribution in [-0.2, 0) is 17.9 Å². The van der Waals surface area contributed by atoms with Gasteiger partial charge >= 0.3 is 5.97 Å². The van der Waals surface area contributed by atoms with Gasteiger partial charge in [-0.1, -0.05) is 30.3 Å². The molecule has 3 aromatic carbocycles. The molecule has 0 bridgehead atoms. The van der Waals surface area contributed by atoms with Crippen LogP contribution in [0, 0.1) is 13.8 Å². The molecule has 0 aliphatic carbocycles. The number of benzene rings is 3. The second-order valence-corrected chi connectivity index (χ2v) is 10.9. The third-order valence-corrected chi connectivity index (χ3v) is 7.98. The van der Waals surface area contributed by atoms with Crippen LogP contribution in [0.25, 0.3) is 45.1 Å². The fraction of sp³-hybridized carbons (Fsp3) is 0.312. The van der Waals surface area contributed by atoms with Crippen LogP contribution in [0.15, 0.2) is 63.4 Å². The molecule has 1 aliphatic heterocycles. The number of aliphatic carboxylic acids is 1. The minimum Gasteiger partial charge on any atom is -0.480 e. The molecule has 222 valence electrons. The highest BCUT2D eigenvalue weighted by Crippen LogP contribution is 2.37. The minimum absolute atomic E-state index is 0.267. The summed E-state index contributed by atoms with van der Waals surface area (Å²) in [6, 6.07) is 16.5. The molecule has 0 saturated carbocycles. The number of carbonyl (C=O) groups is 1. The Hall–Kier alpha value is -4.42. The third kappa shape index (κ3) is 5.93. The molecule has 5 aromatic rings. The lowest BCUT2D eigenvalue weighted by Gasteiger charge is -2.14. The summed E-state index contributed by atoms with van der Waals surface area (Å²) >= 11 is 0. The number of hydrogen-bond acceptors (Lipinski definition) is 10. The van der Waals surface area contributed by atoms with Gasteiger partial charge in [0, 0.05) is 30.8 Å². The molecule has 1 aliphatic rings. The normalized spacial score (nSPS) is 16.2. The number of β-amino-alcohol motifs (C(OH)–C–C–N with tert-alkyl or cyclic N) is 1. The maximum atomic E-state index is 11.2. The summed E-state index contributed by atoms with van der Waals surface area (Å²) < 4.78 is 12.2. The summed E-state index contributed by atoms with van der Waals surface area (Å²) in [5.41, 5.74) is 7.88. The van der Waals surface area contributed by atoms with Crippen molar-refractivity contribution >= 4 is 17.1 Å². The first-order chi connectivity index (χ1) is 20.8. The molecule has 43 heavy (non-hydrogen) atoms. The van der Waals surface area contributed by atoms with Gasteiger partial charge in [0.25, 0.3) is 0 Å². The lowest BCUT2D eigenvalue weighted by Crippen LogP contribution is -2.39. The van der Waals surface area contributed by atoms with E-state index >= 15 is 0 Å². The van der Waals surface area contributed by atoms with Crippen LogP contribution in [-0.4, -0.2) is 73.2 Å². The average molecular weight is 584 g/mol. The molecule has 4 N–H and O–H groups in total. The number of fused-ring (bicyclic) bond motifs is 1. The van der Waals surface area contributed by atoms with Crippen LogP contribution in [0.2, 0.25) is 0 Å². The highest BCUT2D eigenvalue weighted by molar-refractivity contribution is 5.83. The zero-order chi connectivity index (χ0) is 30.1. The van der Waals surface area contributed by atoms with Crippen molar-refractivity contribution in [2.45, 2.75) is 45.5 Å². The number of aromatic nitrogens is 3. The first kappa shape index (κ1) is 28.7. The van der Waals surface area contributed by atoms with E-state index in [0.717, 1.165) is 51.9 Å². The summed E-state index contributed by atoms with van der Waals surface area (Å²) in [6.07, 6.45) is 0.448. The fourth-order valence-electron chi connectivity index (χ4n) is 5.56. The van der Waals surface area contributed by atoms with Gasteiger partial charge in [0.05, 0.1) is 19.3 Å². The zero-order valence-corrected chi connectivity index (χ0v) is 23.9. The molecule has 2 aromatic heterocycles. The van der Waals surface area contributed by atoms with Gasteiger partial charge in [-0.05, 0) is 72.4 Å². The molecular weight excluding hydrogens is 550 g/mol. The van der Waals surface area contributed by atoms with Gasteiger partial charge in [-0.25, -0.2) is 4.98 Å². The van der Waals surface area contributed by atoms with Crippen molar-refractivity contribution in [3.8, 4) is 34.0 Å². The van der Waals surface area contributed by atoms with Gasteiger partial charge in [0.2, 0.25) is 17.7 Å². The van der Waals surface area contributed by atoms with E-state index < -0.39 is 18.6 Å². The van der Waals surface area contributed by atoms with Crippen LogP contribution in [0.3, 0.4) is 0 Å². The number of carboxylic acid groups (broad SMARTS) is 1. The summed E-state index contributed by atoms with van der Waals surface area (Å²) in [6.45, 7) is 5.78. The highest BCUT2D eigenvalue weighted by atomic mass is 16.4. The molecule has 6 rings (SSSR count). The Morgan fingerprint density at radius 3 is 2.35 bits per heavy atom. The number of aliphatic hydroxyl groups excluding tert-OH is 2. The van der Waals surface area contributed by atoms with Crippen molar-refractivity contribution in [2.24, 2.45) is 0 Å². The Kier molecular flexibility index (Phi) is 8.04.